The number of rotatable bonds is 3. The van der Waals surface area contributed by atoms with Gasteiger partial charge in [0, 0.05) is 18.4 Å². The zero-order valence-corrected chi connectivity index (χ0v) is 11.5. The molecule has 1 amide bonds. The lowest BCUT2D eigenvalue weighted by molar-refractivity contribution is 0.0690. The lowest BCUT2D eigenvalue weighted by atomic mass is 10.0. The number of nitrogens with zero attached hydrogens (tertiary/aromatic N) is 1. The van der Waals surface area contributed by atoms with E-state index in [4.69, 9.17) is 5.11 Å². The highest BCUT2D eigenvalue weighted by atomic mass is 16.4. The van der Waals surface area contributed by atoms with Crippen molar-refractivity contribution in [2.75, 3.05) is 0 Å². The summed E-state index contributed by atoms with van der Waals surface area (Å²) in [5, 5.41) is 12.0. The number of nitrogens with one attached hydrogen (secondary N) is 1. The van der Waals surface area contributed by atoms with Crippen molar-refractivity contribution in [1.82, 2.24) is 10.3 Å². The SMILES string of the molecule is CC1(C)C(NC(=O)c2ccncc2C(=O)O)C1(C)C. The van der Waals surface area contributed by atoms with E-state index in [9.17, 15) is 9.59 Å². The number of aromatic carboxylic acids is 1. The highest BCUT2D eigenvalue weighted by Gasteiger charge is 2.65. The molecule has 1 aromatic heterocycles. The smallest absolute Gasteiger partial charge is 0.338 e. The third kappa shape index (κ3) is 1.99. The third-order valence-electron chi connectivity index (χ3n) is 4.59. The highest BCUT2D eigenvalue weighted by molar-refractivity contribution is 6.04. The van der Waals surface area contributed by atoms with Crippen molar-refractivity contribution in [3.05, 3.63) is 29.6 Å². The molecular formula is C14H18N2O3. The van der Waals surface area contributed by atoms with Gasteiger partial charge in [-0.05, 0) is 16.9 Å². The molecule has 2 N–H and O–H groups in total. The molecule has 19 heavy (non-hydrogen) atoms. The predicted octanol–water partition coefficient (Wildman–Crippen LogP) is 1.94. The van der Waals surface area contributed by atoms with Crippen molar-refractivity contribution in [1.29, 1.82) is 0 Å². The van der Waals surface area contributed by atoms with Crippen molar-refractivity contribution in [3.8, 4) is 0 Å². The van der Waals surface area contributed by atoms with Gasteiger partial charge in [0.2, 0.25) is 0 Å². The van der Waals surface area contributed by atoms with E-state index in [-0.39, 0.29) is 33.9 Å². The zero-order chi connectivity index (χ0) is 14.4. The molecule has 0 radical (unpaired) electrons. The number of hydrogen-bond donors (Lipinski definition) is 2. The molecule has 0 spiro atoms. The minimum Gasteiger partial charge on any atom is -0.478 e. The molecule has 1 heterocycles. The number of pyridine rings is 1. The van der Waals surface area contributed by atoms with Gasteiger partial charge in [0.15, 0.2) is 0 Å². The second-order valence-electron chi connectivity index (χ2n) is 6.08. The van der Waals surface area contributed by atoms with E-state index >= 15 is 0 Å². The summed E-state index contributed by atoms with van der Waals surface area (Å²) < 4.78 is 0. The van der Waals surface area contributed by atoms with E-state index in [1.165, 1.54) is 18.5 Å². The molecule has 0 unspecified atom stereocenters. The molecule has 1 aliphatic carbocycles. The number of amides is 1. The molecule has 1 fully saturated rings. The molecule has 102 valence electrons. The lowest BCUT2D eigenvalue weighted by Crippen LogP contribution is -2.31. The summed E-state index contributed by atoms with van der Waals surface area (Å²) in [6.45, 7) is 8.34. The average molecular weight is 262 g/mol. The first-order valence-electron chi connectivity index (χ1n) is 6.17. The van der Waals surface area contributed by atoms with Crippen molar-refractivity contribution in [2.24, 2.45) is 10.8 Å². The van der Waals surface area contributed by atoms with Crippen LogP contribution in [0, 0.1) is 10.8 Å². The van der Waals surface area contributed by atoms with Crippen LogP contribution in [0.1, 0.15) is 48.4 Å². The Kier molecular flexibility index (Phi) is 2.88. The Morgan fingerprint density at radius 2 is 1.79 bits per heavy atom. The quantitative estimate of drug-likeness (QED) is 0.872. The van der Waals surface area contributed by atoms with Crippen LogP contribution in [0.4, 0.5) is 0 Å². The minimum atomic E-state index is -1.15. The highest BCUT2D eigenvalue weighted by Crippen LogP contribution is 2.62. The number of carbonyl (C=O) groups is 2. The number of aromatic nitrogens is 1. The Hall–Kier alpha value is -1.91. The second kappa shape index (κ2) is 4.05. The van der Waals surface area contributed by atoms with E-state index in [1.54, 1.807) is 0 Å². The molecule has 0 aliphatic heterocycles. The number of hydrogen-bond acceptors (Lipinski definition) is 3. The maximum absolute atomic E-state index is 12.2. The summed E-state index contributed by atoms with van der Waals surface area (Å²) in [6.07, 6.45) is 2.62. The Morgan fingerprint density at radius 3 is 2.26 bits per heavy atom. The van der Waals surface area contributed by atoms with Crippen molar-refractivity contribution in [2.45, 2.75) is 33.7 Å². The fraction of sp³-hybridized carbons (Fsp3) is 0.500. The van der Waals surface area contributed by atoms with Gasteiger partial charge in [-0.2, -0.15) is 0 Å². The second-order valence-corrected chi connectivity index (χ2v) is 6.08. The average Bonchev–Trinajstić information content (AvgIpc) is 2.71. The van der Waals surface area contributed by atoms with Crippen LogP contribution in [0.2, 0.25) is 0 Å². The number of carboxylic acids is 1. The molecule has 2 rings (SSSR count). The van der Waals surface area contributed by atoms with Crippen molar-refractivity contribution < 1.29 is 14.7 Å². The van der Waals surface area contributed by atoms with Crippen LogP contribution in [0.3, 0.4) is 0 Å². The Balaban J connectivity index is 2.21. The fourth-order valence-electron chi connectivity index (χ4n) is 2.53. The van der Waals surface area contributed by atoms with Gasteiger partial charge in [0.1, 0.15) is 0 Å². The minimum absolute atomic E-state index is 0.0130. The molecule has 0 bridgehead atoms. The Bertz CT molecular complexity index is 535. The van der Waals surface area contributed by atoms with Crippen LogP contribution in [0.25, 0.3) is 0 Å². The number of carboxylic acid groups (broad SMARTS) is 1. The Labute approximate surface area is 112 Å². The maximum Gasteiger partial charge on any atom is 0.338 e. The lowest BCUT2D eigenvalue weighted by Gasteiger charge is -2.08. The van der Waals surface area contributed by atoms with Gasteiger partial charge in [-0.15, -0.1) is 0 Å². The monoisotopic (exact) mass is 262 g/mol. The summed E-state index contributed by atoms with van der Waals surface area (Å²) in [6, 6.07) is 1.48. The van der Waals surface area contributed by atoms with Crippen LogP contribution in [0.5, 0.6) is 0 Å². The first-order valence-corrected chi connectivity index (χ1v) is 6.17. The van der Waals surface area contributed by atoms with E-state index in [0.717, 1.165) is 0 Å². The largest absolute Gasteiger partial charge is 0.478 e. The summed E-state index contributed by atoms with van der Waals surface area (Å²) in [7, 11) is 0. The van der Waals surface area contributed by atoms with E-state index in [0.29, 0.717) is 0 Å². The third-order valence-corrected chi connectivity index (χ3v) is 4.59. The van der Waals surface area contributed by atoms with Gasteiger partial charge in [-0.1, -0.05) is 27.7 Å². The maximum atomic E-state index is 12.2. The van der Waals surface area contributed by atoms with Gasteiger partial charge in [0.05, 0.1) is 11.1 Å². The fourth-order valence-corrected chi connectivity index (χ4v) is 2.53. The van der Waals surface area contributed by atoms with Crippen LogP contribution in [0.15, 0.2) is 18.5 Å². The molecule has 1 aliphatic rings. The topological polar surface area (TPSA) is 79.3 Å². The van der Waals surface area contributed by atoms with E-state index in [2.05, 4.69) is 38.0 Å². The molecule has 5 nitrogen and oxygen atoms in total. The van der Waals surface area contributed by atoms with Crippen LogP contribution < -0.4 is 5.32 Å². The zero-order valence-electron chi connectivity index (χ0n) is 11.5. The molecule has 0 aromatic carbocycles. The first-order chi connectivity index (χ1) is 8.69. The Morgan fingerprint density at radius 1 is 1.21 bits per heavy atom. The summed E-state index contributed by atoms with van der Waals surface area (Å²) in [5.41, 5.74) is 0.107. The molecule has 1 aromatic rings. The summed E-state index contributed by atoms with van der Waals surface area (Å²) in [5.74, 6) is -1.50. The van der Waals surface area contributed by atoms with Gasteiger partial charge < -0.3 is 10.4 Å². The van der Waals surface area contributed by atoms with Crippen LogP contribution in [-0.2, 0) is 0 Å². The van der Waals surface area contributed by atoms with Gasteiger partial charge in [-0.25, -0.2) is 4.79 Å². The number of carbonyl (C=O) groups excluding carboxylic acids is 1. The molecule has 5 heteroatoms. The van der Waals surface area contributed by atoms with Gasteiger partial charge in [0.25, 0.3) is 5.91 Å². The molecular weight excluding hydrogens is 244 g/mol. The summed E-state index contributed by atoms with van der Waals surface area (Å²) >= 11 is 0. The molecule has 1 saturated carbocycles. The van der Waals surface area contributed by atoms with Crippen LogP contribution in [-0.4, -0.2) is 28.0 Å². The van der Waals surface area contributed by atoms with Crippen LogP contribution >= 0.6 is 0 Å². The standard InChI is InChI=1S/C14H18N2O3/c1-13(2)12(14(13,3)4)16-10(17)8-5-6-15-7-9(8)11(18)19/h5-7,12H,1-4H3,(H,16,17)(H,18,19). The predicted molar refractivity (Wildman–Crippen MR) is 70.0 cm³/mol. The molecule has 0 saturated heterocycles. The van der Waals surface area contributed by atoms with E-state index < -0.39 is 5.97 Å². The summed E-state index contributed by atoms with van der Waals surface area (Å²) in [4.78, 5) is 27.0. The molecule has 0 atom stereocenters. The van der Waals surface area contributed by atoms with Gasteiger partial charge in [-0.3, -0.25) is 9.78 Å². The van der Waals surface area contributed by atoms with E-state index in [1.807, 2.05) is 0 Å². The van der Waals surface area contributed by atoms with Crippen molar-refractivity contribution in [3.63, 3.8) is 0 Å². The first kappa shape index (κ1) is 13.5. The van der Waals surface area contributed by atoms with Crippen molar-refractivity contribution >= 4 is 11.9 Å². The van der Waals surface area contributed by atoms with Gasteiger partial charge >= 0.3 is 5.97 Å². The normalized spacial score (nSPS) is 19.8.